The van der Waals surface area contributed by atoms with Gasteiger partial charge in [-0.1, -0.05) is 18.2 Å². The van der Waals surface area contributed by atoms with Crippen molar-refractivity contribution < 1.29 is 0 Å². The van der Waals surface area contributed by atoms with E-state index in [0.29, 0.717) is 0 Å². The molecule has 0 saturated heterocycles. The summed E-state index contributed by atoms with van der Waals surface area (Å²) >= 11 is 1.92. The molecule has 0 fully saturated rings. The molecule has 0 nitrogen and oxygen atoms in total. The van der Waals surface area contributed by atoms with Crippen LogP contribution in [0.1, 0.15) is 6.42 Å². The van der Waals surface area contributed by atoms with E-state index < -0.39 is 0 Å². The highest BCUT2D eigenvalue weighted by atomic mass is 32.2. The quantitative estimate of drug-likeness (QED) is 0.562. The second kappa shape index (κ2) is 2.74. The maximum atomic E-state index is 3.72. The zero-order valence-corrected chi connectivity index (χ0v) is 7.16. The van der Waals surface area contributed by atoms with Gasteiger partial charge in [0, 0.05) is 10.7 Å². The molecular weight excluding hydrogens is 152 g/mol. The van der Waals surface area contributed by atoms with Gasteiger partial charge >= 0.3 is 0 Å². The number of rotatable bonds is 2. The van der Waals surface area contributed by atoms with Crippen molar-refractivity contribution in [3.05, 3.63) is 46.9 Å². The van der Waals surface area contributed by atoms with Gasteiger partial charge in [-0.2, -0.15) is 0 Å². The Hall–Kier alpha value is -0.690. The van der Waals surface area contributed by atoms with Crippen molar-refractivity contribution >= 4 is 11.8 Å². The first-order valence-corrected chi connectivity index (χ1v) is 4.75. The van der Waals surface area contributed by atoms with Crippen LogP contribution in [-0.2, 0) is 0 Å². The number of hydrogen-bond acceptors (Lipinski definition) is 1. The molecule has 0 N–H and O–H groups in total. The van der Waals surface area contributed by atoms with Crippen molar-refractivity contribution in [2.45, 2.75) is 6.42 Å². The topological polar surface area (TPSA) is 0 Å². The minimum Gasteiger partial charge on any atom is -0.121 e. The molecule has 0 saturated carbocycles. The van der Waals surface area contributed by atoms with Crippen LogP contribution in [0, 0.1) is 0 Å². The van der Waals surface area contributed by atoms with Crippen LogP contribution in [0.2, 0.25) is 0 Å². The number of hydrogen-bond donors (Lipinski definition) is 0. The van der Waals surface area contributed by atoms with E-state index in [1.54, 1.807) is 0 Å². The monoisotopic (exact) mass is 162 g/mol. The lowest BCUT2D eigenvalue weighted by Gasteiger charge is -1.89. The predicted molar refractivity (Wildman–Crippen MR) is 51.5 cm³/mol. The SMILES string of the molecule is C=CCC1=CC2=CCSC2=C1. The van der Waals surface area contributed by atoms with E-state index in [2.05, 4.69) is 24.8 Å². The van der Waals surface area contributed by atoms with Crippen LogP contribution >= 0.6 is 11.8 Å². The third-order valence-corrected chi connectivity index (χ3v) is 2.86. The van der Waals surface area contributed by atoms with Crippen LogP contribution in [0.25, 0.3) is 0 Å². The average molecular weight is 162 g/mol. The lowest BCUT2D eigenvalue weighted by molar-refractivity contribution is 1.31. The largest absolute Gasteiger partial charge is 0.121 e. The smallest absolute Gasteiger partial charge is 0.0170 e. The van der Waals surface area contributed by atoms with Crippen molar-refractivity contribution in [2.24, 2.45) is 0 Å². The highest BCUT2D eigenvalue weighted by Gasteiger charge is 2.15. The Labute approximate surface area is 71.4 Å². The van der Waals surface area contributed by atoms with E-state index in [0.717, 1.165) is 12.2 Å². The Balaban J connectivity index is 2.23. The molecule has 0 aromatic carbocycles. The molecule has 0 aromatic rings. The second-order valence-corrected chi connectivity index (χ2v) is 3.75. The Morgan fingerprint density at radius 2 is 2.45 bits per heavy atom. The summed E-state index contributed by atoms with van der Waals surface area (Å²) in [5.41, 5.74) is 2.82. The number of allylic oxidation sites excluding steroid dienone is 5. The van der Waals surface area contributed by atoms with Gasteiger partial charge in [0.1, 0.15) is 0 Å². The van der Waals surface area contributed by atoms with Crippen molar-refractivity contribution in [2.75, 3.05) is 5.75 Å². The molecule has 1 heterocycles. The Kier molecular flexibility index (Phi) is 1.74. The first-order chi connectivity index (χ1) is 5.40. The lowest BCUT2D eigenvalue weighted by Crippen LogP contribution is -1.69. The zero-order valence-electron chi connectivity index (χ0n) is 6.34. The molecule has 0 atom stereocenters. The summed E-state index contributed by atoms with van der Waals surface area (Å²) in [6.45, 7) is 3.72. The summed E-state index contributed by atoms with van der Waals surface area (Å²) in [6.07, 6.45) is 9.77. The summed E-state index contributed by atoms with van der Waals surface area (Å²) in [4.78, 5) is 1.45. The Bertz CT molecular complexity index is 279. The normalized spacial score (nSPS) is 20.5. The molecule has 0 radical (unpaired) electrons. The summed E-state index contributed by atoms with van der Waals surface area (Å²) in [6, 6.07) is 0. The molecule has 0 aromatic heterocycles. The van der Waals surface area contributed by atoms with Crippen LogP contribution in [0.15, 0.2) is 46.9 Å². The van der Waals surface area contributed by atoms with Gasteiger partial charge < -0.3 is 0 Å². The van der Waals surface area contributed by atoms with Crippen molar-refractivity contribution in [1.29, 1.82) is 0 Å². The number of thioether (sulfide) groups is 1. The van der Waals surface area contributed by atoms with Gasteiger partial charge in [0.25, 0.3) is 0 Å². The highest BCUT2D eigenvalue weighted by molar-refractivity contribution is 8.03. The van der Waals surface area contributed by atoms with E-state index in [1.807, 2.05) is 17.8 Å². The van der Waals surface area contributed by atoms with Crippen LogP contribution in [0.4, 0.5) is 0 Å². The maximum absolute atomic E-state index is 3.72. The Morgan fingerprint density at radius 3 is 3.18 bits per heavy atom. The van der Waals surface area contributed by atoms with Gasteiger partial charge in [0.05, 0.1) is 0 Å². The molecule has 11 heavy (non-hydrogen) atoms. The minimum absolute atomic E-state index is 1.00. The summed E-state index contributed by atoms with van der Waals surface area (Å²) in [5, 5.41) is 0. The molecule has 1 aliphatic carbocycles. The van der Waals surface area contributed by atoms with Gasteiger partial charge in [-0.25, -0.2) is 0 Å². The molecule has 0 spiro atoms. The van der Waals surface area contributed by atoms with Crippen molar-refractivity contribution in [3.63, 3.8) is 0 Å². The van der Waals surface area contributed by atoms with Gasteiger partial charge in [-0.15, -0.1) is 18.3 Å². The Morgan fingerprint density at radius 1 is 1.55 bits per heavy atom. The van der Waals surface area contributed by atoms with Crippen LogP contribution < -0.4 is 0 Å². The van der Waals surface area contributed by atoms with E-state index in [9.17, 15) is 0 Å². The molecule has 1 heteroatoms. The summed E-state index contributed by atoms with van der Waals surface area (Å²) < 4.78 is 0. The minimum atomic E-state index is 1.00. The van der Waals surface area contributed by atoms with E-state index in [1.165, 1.54) is 16.1 Å². The van der Waals surface area contributed by atoms with Gasteiger partial charge in [-0.3, -0.25) is 0 Å². The molecule has 0 bridgehead atoms. The van der Waals surface area contributed by atoms with Crippen LogP contribution in [0.3, 0.4) is 0 Å². The van der Waals surface area contributed by atoms with E-state index in [-0.39, 0.29) is 0 Å². The standard InChI is InChI=1S/C10H10S/c1-2-3-8-6-9-4-5-11-10(9)7-8/h2,4,6-7H,1,3,5H2. The van der Waals surface area contributed by atoms with Crippen molar-refractivity contribution in [3.8, 4) is 0 Å². The third-order valence-electron chi connectivity index (χ3n) is 1.86. The molecule has 56 valence electrons. The fraction of sp³-hybridized carbons (Fsp3) is 0.200. The molecule has 0 amide bonds. The van der Waals surface area contributed by atoms with Crippen molar-refractivity contribution in [1.82, 2.24) is 0 Å². The third kappa shape index (κ3) is 1.21. The molecule has 2 rings (SSSR count). The average Bonchev–Trinajstić information content (AvgIpc) is 2.46. The van der Waals surface area contributed by atoms with Gasteiger partial charge in [0.2, 0.25) is 0 Å². The van der Waals surface area contributed by atoms with Crippen LogP contribution in [-0.4, -0.2) is 5.75 Å². The van der Waals surface area contributed by atoms with E-state index in [4.69, 9.17) is 0 Å². The van der Waals surface area contributed by atoms with Crippen LogP contribution in [0.5, 0.6) is 0 Å². The predicted octanol–water partition coefficient (Wildman–Crippen LogP) is 3.06. The summed E-state index contributed by atoms with van der Waals surface area (Å²) in [7, 11) is 0. The summed E-state index contributed by atoms with van der Waals surface area (Å²) in [5.74, 6) is 1.15. The fourth-order valence-corrected chi connectivity index (χ4v) is 2.34. The molecule has 1 aliphatic heterocycles. The van der Waals surface area contributed by atoms with E-state index >= 15 is 0 Å². The molecule has 2 aliphatic rings. The molecular formula is C10H10S. The zero-order chi connectivity index (χ0) is 7.68. The first kappa shape index (κ1) is 6.99. The maximum Gasteiger partial charge on any atom is 0.0170 e. The number of fused-ring (bicyclic) bond motifs is 1. The fourth-order valence-electron chi connectivity index (χ4n) is 1.35. The molecule has 0 unspecified atom stereocenters. The second-order valence-electron chi connectivity index (χ2n) is 2.69. The van der Waals surface area contributed by atoms with Gasteiger partial charge in [-0.05, 0) is 23.6 Å². The lowest BCUT2D eigenvalue weighted by atomic mass is 10.2. The first-order valence-electron chi connectivity index (χ1n) is 3.76. The highest BCUT2D eigenvalue weighted by Crippen LogP contribution is 2.38. The van der Waals surface area contributed by atoms with Gasteiger partial charge in [0.15, 0.2) is 0 Å².